The highest BCUT2D eigenvalue weighted by Gasteiger charge is 2.44. The maximum absolute atomic E-state index is 13.4. The largest absolute Gasteiger partial charge is 0.271 e. The van der Waals surface area contributed by atoms with Gasteiger partial charge in [-0.05, 0) is 73.7 Å². The molecule has 0 radical (unpaired) electrons. The lowest BCUT2D eigenvalue weighted by Gasteiger charge is -2.30. The first-order chi connectivity index (χ1) is 16.8. The number of halogens is 1. The molecular formula is C26H30FN5O2S. The molecule has 1 unspecified atom stereocenters. The molecule has 0 bridgehead atoms. The van der Waals surface area contributed by atoms with Crippen LogP contribution in [0.3, 0.4) is 0 Å². The van der Waals surface area contributed by atoms with Gasteiger partial charge in [-0.3, -0.25) is 4.68 Å². The van der Waals surface area contributed by atoms with Gasteiger partial charge in [0, 0.05) is 36.6 Å². The maximum atomic E-state index is 13.4. The fourth-order valence-electron chi connectivity index (χ4n) is 5.25. The van der Waals surface area contributed by atoms with Crippen molar-refractivity contribution >= 4 is 20.9 Å². The summed E-state index contributed by atoms with van der Waals surface area (Å²) in [4.78, 5) is 0.255. The maximum Gasteiger partial charge on any atom is 0.246 e. The lowest BCUT2D eigenvalue weighted by atomic mass is 9.75. The van der Waals surface area contributed by atoms with Gasteiger partial charge in [0.15, 0.2) is 0 Å². The third kappa shape index (κ3) is 4.06. The molecule has 0 saturated carbocycles. The summed E-state index contributed by atoms with van der Waals surface area (Å²) < 4.78 is 45.3. The summed E-state index contributed by atoms with van der Waals surface area (Å²) >= 11 is 0. The topological polar surface area (TPSA) is 73.0 Å². The summed E-state index contributed by atoms with van der Waals surface area (Å²) in [5, 5.41) is 9.74. The molecule has 2 aromatic carbocycles. The molecule has 1 aliphatic rings. The summed E-state index contributed by atoms with van der Waals surface area (Å²) in [6.07, 6.45) is 7.38. The monoisotopic (exact) mass is 495 g/mol. The first-order valence-corrected chi connectivity index (χ1v) is 13.5. The first kappa shape index (κ1) is 23.7. The Bertz CT molecular complexity index is 1480. The van der Waals surface area contributed by atoms with Crippen LogP contribution in [0.1, 0.15) is 44.2 Å². The Morgan fingerprint density at radius 2 is 1.86 bits per heavy atom. The molecule has 7 nitrogen and oxygen atoms in total. The Morgan fingerprint density at radius 3 is 2.57 bits per heavy atom. The molecule has 5 rings (SSSR count). The summed E-state index contributed by atoms with van der Waals surface area (Å²) in [5.41, 5.74) is 3.71. The number of rotatable bonds is 7. The Hall–Kier alpha value is -3.04. The van der Waals surface area contributed by atoms with Crippen molar-refractivity contribution in [1.82, 2.24) is 23.9 Å². The first-order valence-electron chi connectivity index (χ1n) is 12.0. The van der Waals surface area contributed by atoms with Crippen molar-refractivity contribution in [3.8, 4) is 5.69 Å². The molecule has 1 aliphatic heterocycles. The Balaban J connectivity index is 1.48. The highest BCUT2D eigenvalue weighted by Crippen LogP contribution is 2.42. The smallest absolute Gasteiger partial charge is 0.246 e. The van der Waals surface area contributed by atoms with Gasteiger partial charge in [0.25, 0.3) is 0 Å². The van der Waals surface area contributed by atoms with Crippen LogP contribution in [-0.2, 0) is 22.0 Å². The van der Waals surface area contributed by atoms with Gasteiger partial charge < -0.3 is 0 Å². The number of fused-ring (bicyclic) bond motifs is 1. The lowest BCUT2D eigenvalue weighted by molar-refractivity contribution is 0.406. The molecule has 0 aliphatic carbocycles. The number of sulfonamides is 1. The predicted octanol–water partition coefficient (Wildman–Crippen LogP) is 4.82. The summed E-state index contributed by atoms with van der Waals surface area (Å²) in [6, 6.07) is 10.5. The van der Waals surface area contributed by atoms with Crippen LogP contribution < -0.4 is 0 Å². The molecule has 2 aromatic heterocycles. The molecule has 35 heavy (non-hydrogen) atoms. The molecule has 184 valence electrons. The van der Waals surface area contributed by atoms with Gasteiger partial charge in [-0.2, -0.15) is 14.5 Å². The highest BCUT2D eigenvalue weighted by molar-refractivity contribution is 7.89. The number of hydrogen-bond donors (Lipinski definition) is 0. The standard InChI is InChI=1S/C26H30FN5O2S/c1-4-11-30-17-23(16-28-30)35(33,34)31-12-10-26(5-2,18-31)24-14-20-15-29-32(25(20)13-19(24)3)22-8-6-21(27)7-9-22/h6-9,13-17H,4-5,10-12,18H2,1-3H3. The minimum absolute atomic E-state index is 0.255. The molecule has 9 heteroatoms. The zero-order chi connectivity index (χ0) is 24.8. The Morgan fingerprint density at radius 1 is 1.09 bits per heavy atom. The van der Waals surface area contributed by atoms with E-state index in [1.165, 1.54) is 18.3 Å². The molecule has 1 saturated heterocycles. The van der Waals surface area contributed by atoms with Gasteiger partial charge in [-0.15, -0.1) is 0 Å². The van der Waals surface area contributed by atoms with Crippen LogP contribution in [0.15, 0.2) is 59.9 Å². The number of aromatic nitrogens is 4. The summed E-state index contributed by atoms with van der Waals surface area (Å²) in [7, 11) is -3.61. The fraction of sp³-hybridized carbons (Fsp3) is 0.385. The summed E-state index contributed by atoms with van der Waals surface area (Å²) in [6.45, 7) is 7.83. The van der Waals surface area contributed by atoms with Crippen molar-refractivity contribution in [2.45, 2.75) is 56.9 Å². The van der Waals surface area contributed by atoms with E-state index in [0.717, 1.165) is 47.0 Å². The van der Waals surface area contributed by atoms with Crippen molar-refractivity contribution in [2.75, 3.05) is 13.1 Å². The van der Waals surface area contributed by atoms with E-state index in [4.69, 9.17) is 0 Å². The number of aryl methyl sites for hydroxylation is 2. The molecule has 0 N–H and O–H groups in total. The second-order valence-corrected chi connectivity index (χ2v) is 11.4. The van der Waals surface area contributed by atoms with Crippen molar-refractivity contribution in [2.24, 2.45) is 0 Å². The van der Waals surface area contributed by atoms with E-state index in [9.17, 15) is 12.8 Å². The number of benzene rings is 2. The third-order valence-electron chi connectivity index (χ3n) is 7.25. The Labute approximate surface area is 205 Å². The predicted molar refractivity (Wildman–Crippen MR) is 134 cm³/mol. The Kier molecular flexibility index (Phi) is 6.01. The van der Waals surface area contributed by atoms with Crippen LogP contribution >= 0.6 is 0 Å². The van der Waals surface area contributed by atoms with Crippen molar-refractivity contribution in [1.29, 1.82) is 0 Å². The molecule has 4 aromatic rings. The normalized spacial score (nSPS) is 19.1. The van der Waals surface area contributed by atoms with E-state index in [-0.39, 0.29) is 16.1 Å². The van der Waals surface area contributed by atoms with Gasteiger partial charge in [-0.25, -0.2) is 17.5 Å². The summed E-state index contributed by atoms with van der Waals surface area (Å²) in [5.74, 6) is -0.285. The van der Waals surface area contributed by atoms with Crippen molar-refractivity contribution in [3.63, 3.8) is 0 Å². The fourth-order valence-corrected chi connectivity index (χ4v) is 6.74. The van der Waals surface area contributed by atoms with E-state index >= 15 is 0 Å². The van der Waals surface area contributed by atoms with Crippen LogP contribution in [0.2, 0.25) is 0 Å². The zero-order valence-corrected chi connectivity index (χ0v) is 21.1. The van der Waals surface area contributed by atoms with Crippen LogP contribution in [-0.4, -0.2) is 45.4 Å². The van der Waals surface area contributed by atoms with E-state index in [2.05, 4.69) is 36.2 Å². The number of hydrogen-bond acceptors (Lipinski definition) is 4. The second kappa shape index (κ2) is 8.87. The van der Waals surface area contributed by atoms with Crippen LogP contribution in [0.25, 0.3) is 16.6 Å². The van der Waals surface area contributed by atoms with Gasteiger partial charge in [-0.1, -0.05) is 13.8 Å². The van der Waals surface area contributed by atoms with Crippen molar-refractivity contribution in [3.05, 3.63) is 71.9 Å². The van der Waals surface area contributed by atoms with E-state index in [1.54, 1.807) is 27.3 Å². The van der Waals surface area contributed by atoms with E-state index < -0.39 is 10.0 Å². The van der Waals surface area contributed by atoms with Gasteiger partial charge in [0.1, 0.15) is 10.7 Å². The average Bonchev–Trinajstić information content (AvgIpc) is 3.58. The SMILES string of the molecule is CCCn1cc(S(=O)(=O)N2CCC(CC)(c3cc4cnn(-c5ccc(F)cc5)c4cc3C)C2)cn1. The molecule has 1 atom stereocenters. The minimum Gasteiger partial charge on any atom is -0.271 e. The van der Waals surface area contributed by atoms with Crippen LogP contribution in [0.5, 0.6) is 0 Å². The second-order valence-electron chi connectivity index (χ2n) is 9.42. The van der Waals surface area contributed by atoms with Crippen molar-refractivity contribution < 1.29 is 12.8 Å². The zero-order valence-electron chi connectivity index (χ0n) is 20.3. The van der Waals surface area contributed by atoms with Gasteiger partial charge in [0.2, 0.25) is 10.0 Å². The lowest BCUT2D eigenvalue weighted by Crippen LogP contribution is -2.34. The van der Waals surface area contributed by atoms with E-state index in [0.29, 0.717) is 19.6 Å². The van der Waals surface area contributed by atoms with Gasteiger partial charge in [0.05, 0.1) is 23.6 Å². The molecular weight excluding hydrogens is 465 g/mol. The molecule has 0 amide bonds. The molecule has 0 spiro atoms. The van der Waals surface area contributed by atoms with E-state index in [1.807, 2.05) is 17.8 Å². The third-order valence-corrected chi connectivity index (χ3v) is 9.05. The molecule has 1 fully saturated rings. The minimum atomic E-state index is -3.61. The van der Waals surface area contributed by atoms with Gasteiger partial charge >= 0.3 is 0 Å². The average molecular weight is 496 g/mol. The van der Waals surface area contributed by atoms with Crippen LogP contribution in [0.4, 0.5) is 4.39 Å². The molecule has 3 heterocycles. The highest BCUT2D eigenvalue weighted by atomic mass is 32.2. The number of nitrogens with zero attached hydrogens (tertiary/aromatic N) is 5. The quantitative estimate of drug-likeness (QED) is 0.368. The van der Waals surface area contributed by atoms with Crippen LogP contribution in [0, 0.1) is 12.7 Å².